The summed E-state index contributed by atoms with van der Waals surface area (Å²) in [5.41, 5.74) is 1.60. The predicted molar refractivity (Wildman–Crippen MR) is 95.3 cm³/mol. The standard InChI is InChI=1S/C17H21N3O4S/c1-6-24-17(23)13-10(3)14(12(5)21)25-16(13)19-15(22)11(4)20-9(2)7-8-18-20/h7-8,11H,6H2,1-5H3,(H,19,22). The Morgan fingerprint density at radius 3 is 2.56 bits per heavy atom. The SMILES string of the molecule is CCOC(=O)c1c(NC(=O)C(C)n2nccc2C)sc(C(C)=O)c1C. The van der Waals surface area contributed by atoms with Crippen molar-refractivity contribution in [3.63, 3.8) is 0 Å². The fourth-order valence-electron chi connectivity index (χ4n) is 2.50. The van der Waals surface area contributed by atoms with E-state index in [4.69, 9.17) is 4.74 Å². The van der Waals surface area contributed by atoms with Crippen LogP contribution in [0, 0.1) is 13.8 Å². The predicted octanol–water partition coefficient (Wildman–Crippen LogP) is 3.14. The molecule has 1 amide bonds. The molecule has 0 aliphatic heterocycles. The van der Waals surface area contributed by atoms with Crippen molar-refractivity contribution in [3.05, 3.63) is 34.0 Å². The normalized spacial score (nSPS) is 11.9. The average Bonchev–Trinajstić information content (AvgIpc) is 3.10. The Balaban J connectivity index is 2.36. The van der Waals surface area contributed by atoms with E-state index in [0.29, 0.717) is 15.4 Å². The summed E-state index contributed by atoms with van der Waals surface area (Å²) in [4.78, 5) is 37.1. The van der Waals surface area contributed by atoms with Crippen molar-refractivity contribution in [1.29, 1.82) is 0 Å². The number of rotatable bonds is 6. The van der Waals surface area contributed by atoms with Gasteiger partial charge in [-0.05, 0) is 46.2 Å². The smallest absolute Gasteiger partial charge is 0.341 e. The molecule has 2 rings (SSSR count). The Labute approximate surface area is 150 Å². The van der Waals surface area contributed by atoms with Crippen molar-refractivity contribution in [2.45, 2.75) is 40.7 Å². The van der Waals surface area contributed by atoms with E-state index in [1.165, 1.54) is 6.92 Å². The van der Waals surface area contributed by atoms with Gasteiger partial charge < -0.3 is 10.1 Å². The molecule has 134 valence electrons. The van der Waals surface area contributed by atoms with Gasteiger partial charge in [0.2, 0.25) is 5.91 Å². The van der Waals surface area contributed by atoms with Crippen LogP contribution < -0.4 is 5.32 Å². The number of hydrogen-bond donors (Lipinski definition) is 1. The molecular formula is C17H21N3O4S. The minimum Gasteiger partial charge on any atom is -0.462 e. The third kappa shape index (κ3) is 3.79. The van der Waals surface area contributed by atoms with E-state index in [1.807, 2.05) is 6.92 Å². The lowest BCUT2D eigenvalue weighted by Gasteiger charge is -2.14. The zero-order chi connectivity index (χ0) is 18.7. The van der Waals surface area contributed by atoms with Crippen molar-refractivity contribution >= 4 is 34.0 Å². The molecule has 2 aromatic heterocycles. The molecule has 0 saturated carbocycles. The molecule has 2 heterocycles. The number of anilines is 1. The zero-order valence-corrected chi connectivity index (χ0v) is 15.7. The number of thiophene rings is 1. The zero-order valence-electron chi connectivity index (χ0n) is 14.9. The molecule has 1 unspecified atom stereocenters. The van der Waals surface area contributed by atoms with Gasteiger partial charge >= 0.3 is 5.97 Å². The minimum atomic E-state index is -0.562. The number of nitrogens with one attached hydrogen (secondary N) is 1. The molecule has 7 nitrogen and oxygen atoms in total. The van der Waals surface area contributed by atoms with Gasteiger partial charge in [0.05, 0.1) is 17.0 Å². The number of Topliss-reactive ketones (excluding diaryl/α,β-unsaturated/α-hetero) is 1. The first-order valence-electron chi connectivity index (χ1n) is 7.90. The van der Waals surface area contributed by atoms with Gasteiger partial charge in [0.25, 0.3) is 0 Å². The van der Waals surface area contributed by atoms with Crippen LogP contribution in [-0.4, -0.2) is 34.0 Å². The van der Waals surface area contributed by atoms with E-state index in [0.717, 1.165) is 17.0 Å². The maximum absolute atomic E-state index is 12.6. The van der Waals surface area contributed by atoms with Gasteiger partial charge in [0, 0.05) is 11.9 Å². The molecule has 0 aromatic carbocycles. The van der Waals surface area contributed by atoms with Crippen LogP contribution in [0.5, 0.6) is 0 Å². The van der Waals surface area contributed by atoms with E-state index in [2.05, 4.69) is 10.4 Å². The van der Waals surface area contributed by atoms with Crippen molar-refractivity contribution in [2.75, 3.05) is 11.9 Å². The largest absolute Gasteiger partial charge is 0.462 e. The maximum Gasteiger partial charge on any atom is 0.341 e. The molecule has 0 spiro atoms. The third-order valence-electron chi connectivity index (χ3n) is 3.80. The number of aromatic nitrogens is 2. The van der Waals surface area contributed by atoms with E-state index in [9.17, 15) is 14.4 Å². The lowest BCUT2D eigenvalue weighted by molar-refractivity contribution is -0.119. The number of ether oxygens (including phenoxy) is 1. The van der Waals surface area contributed by atoms with Crippen LogP contribution >= 0.6 is 11.3 Å². The minimum absolute atomic E-state index is 0.162. The summed E-state index contributed by atoms with van der Waals surface area (Å²) in [5.74, 6) is -1.04. The Hall–Kier alpha value is -2.48. The second-order valence-electron chi connectivity index (χ2n) is 5.62. The molecule has 0 aliphatic rings. The monoisotopic (exact) mass is 363 g/mol. The number of carbonyl (C=O) groups is 3. The van der Waals surface area contributed by atoms with Crippen molar-refractivity contribution < 1.29 is 19.1 Å². The quantitative estimate of drug-likeness (QED) is 0.629. The molecule has 1 N–H and O–H groups in total. The Kier molecular flexibility index (Phi) is 5.73. The second-order valence-corrected chi connectivity index (χ2v) is 6.64. The highest BCUT2D eigenvalue weighted by Gasteiger charge is 2.27. The Morgan fingerprint density at radius 1 is 1.36 bits per heavy atom. The molecule has 2 aromatic rings. The molecule has 8 heteroatoms. The van der Waals surface area contributed by atoms with Crippen molar-refractivity contribution in [1.82, 2.24) is 9.78 Å². The van der Waals surface area contributed by atoms with Gasteiger partial charge in [-0.2, -0.15) is 5.10 Å². The lowest BCUT2D eigenvalue weighted by atomic mass is 10.1. The first-order chi connectivity index (χ1) is 11.8. The summed E-state index contributed by atoms with van der Waals surface area (Å²) in [6.45, 7) is 8.58. The summed E-state index contributed by atoms with van der Waals surface area (Å²) in [6.07, 6.45) is 1.62. The van der Waals surface area contributed by atoms with Gasteiger partial charge in [-0.15, -0.1) is 11.3 Å². The summed E-state index contributed by atoms with van der Waals surface area (Å²) in [5, 5.41) is 7.20. The number of nitrogens with zero attached hydrogens (tertiary/aromatic N) is 2. The van der Waals surface area contributed by atoms with Crippen LogP contribution in [0.25, 0.3) is 0 Å². The van der Waals surface area contributed by atoms with E-state index in [1.54, 1.807) is 37.7 Å². The molecule has 0 fully saturated rings. The fourth-order valence-corrected chi connectivity index (χ4v) is 3.59. The highest BCUT2D eigenvalue weighted by molar-refractivity contribution is 7.18. The second kappa shape index (κ2) is 7.60. The highest BCUT2D eigenvalue weighted by Crippen LogP contribution is 2.34. The van der Waals surface area contributed by atoms with Crippen LogP contribution in [0.2, 0.25) is 0 Å². The highest BCUT2D eigenvalue weighted by atomic mass is 32.1. The summed E-state index contributed by atoms with van der Waals surface area (Å²) >= 11 is 1.08. The van der Waals surface area contributed by atoms with Crippen molar-refractivity contribution in [2.24, 2.45) is 0 Å². The molecule has 25 heavy (non-hydrogen) atoms. The number of aryl methyl sites for hydroxylation is 1. The van der Waals surface area contributed by atoms with Gasteiger partial charge in [-0.1, -0.05) is 0 Å². The molecule has 0 aliphatic carbocycles. The number of esters is 1. The first-order valence-corrected chi connectivity index (χ1v) is 8.72. The third-order valence-corrected chi connectivity index (χ3v) is 5.11. The molecular weight excluding hydrogens is 342 g/mol. The van der Waals surface area contributed by atoms with Crippen LogP contribution in [0.4, 0.5) is 5.00 Å². The number of hydrogen-bond acceptors (Lipinski definition) is 6. The topological polar surface area (TPSA) is 90.3 Å². The fraction of sp³-hybridized carbons (Fsp3) is 0.412. The summed E-state index contributed by atoms with van der Waals surface area (Å²) < 4.78 is 6.65. The van der Waals surface area contributed by atoms with E-state index in [-0.39, 0.29) is 23.9 Å². The van der Waals surface area contributed by atoms with Gasteiger partial charge in [-0.25, -0.2) is 4.79 Å². The average molecular weight is 363 g/mol. The Morgan fingerprint density at radius 2 is 2.04 bits per heavy atom. The van der Waals surface area contributed by atoms with Crippen LogP contribution in [0.3, 0.4) is 0 Å². The molecule has 0 bridgehead atoms. The molecule has 0 radical (unpaired) electrons. The molecule has 0 saturated heterocycles. The number of ketones is 1. The lowest BCUT2D eigenvalue weighted by Crippen LogP contribution is -2.25. The van der Waals surface area contributed by atoms with Gasteiger partial charge in [0.1, 0.15) is 11.0 Å². The van der Waals surface area contributed by atoms with Crippen LogP contribution in [0.1, 0.15) is 58.1 Å². The van der Waals surface area contributed by atoms with E-state index >= 15 is 0 Å². The summed E-state index contributed by atoms with van der Waals surface area (Å²) in [6, 6.07) is 1.24. The van der Waals surface area contributed by atoms with Gasteiger partial charge in [0.15, 0.2) is 5.78 Å². The first kappa shape index (κ1) is 18.9. The van der Waals surface area contributed by atoms with Crippen LogP contribution in [0.15, 0.2) is 12.3 Å². The Bertz CT molecular complexity index is 822. The molecule has 1 atom stereocenters. The van der Waals surface area contributed by atoms with Crippen LogP contribution in [-0.2, 0) is 9.53 Å². The van der Waals surface area contributed by atoms with E-state index < -0.39 is 12.0 Å². The number of amides is 1. The number of carbonyl (C=O) groups excluding carboxylic acids is 3. The van der Waals surface area contributed by atoms with Gasteiger partial charge in [-0.3, -0.25) is 14.3 Å². The maximum atomic E-state index is 12.6. The van der Waals surface area contributed by atoms with Crippen molar-refractivity contribution in [3.8, 4) is 0 Å². The summed E-state index contributed by atoms with van der Waals surface area (Å²) in [7, 11) is 0.